The van der Waals surface area contributed by atoms with Gasteiger partial charge >= 0.3 is 0 Å². The number of nitrogens with zero attached hydrogens (tertiary/aromatic N) is 1. The van der Waals surface area contributed by atoms with E-state index < -0.39 is 0 Å². The lowest BCUT2D eigenvalue weighted by Crippen LogP contribution is -2.22. The molecule has 0 aromatic heterocycles. The molecule has 0 bridgehead atoms. The highest BCUT2D eigenvalue weighted by Crippen LogP contribution is 2.11. The molecule has 0 saturated heterocycles. The third-order valence-electron chi connectivity index (χ3n) is 1.73. The van der Waals surface area contributed by atoms with Gasteiger partial charge in [-0.05, 0) is 6.07 Å². The topological polar surface area (TPSA) is 3.24 Å². The second kappa shape index (κ2) is 5.20. The Kier molecular flexibility index (Phi) is 3.83. The summed E-state index contributed by atoms with van der Waals surface area (Å²) in [6, 6.07) is 11.1. The molecule has 0 atom stereocenters. The van der Waals surface area contributed by atoms with Gasteiger partial charge in [-0.3, -0.25) is 0 Å². The largest absolute Gasteiger partial charge is 0.364 e. The lowest BCUT2D eigenvalue weighted by Gasteiger charge is -2.20. The minimum atomic E-state index is 0.826. The van der Waals surface area contributed by atoms with Crippen molar-refractivity contribution in [1.29, 1.82) is 0 Å². The van der Waals surface area contributed by atoms with Gasteiger partial charge in [-0.15, -0.1) is 13.2 Å². The van der Waals surface area contributed by atoms with Crippen LogP contribution in [-0.4, -0.2) is 13.1 Å². The van der Waals surface area contributed by atoms with E-state index in [4.69, 9.17) is 0 Å². The van der Waals surface area contributed by atoms with E-state index in [1.807, 2.05) is 36.4 Å². The Bertz CT molecular complexity index is 254. The molecule has 0 saturated carbocycles. The molecule has 1 heteroatoms. The van der Waals surface area contributed by atoms with E-state index in [1.54, 1.807) is 0 Å². The average molecular weight is 172 g/mol. The fraction of sp³-hybridized carbons (Fsp3) is 0.167. The lowest BCUT2D eigenvalue weighted by molar-refractivity contribution is 0.956. The third-order valence-corrected chi connectivity index (χ3v) is 1.73. The quantitative estimate of drug-likeness (QED) is 0.617. The highest BCUT2D eigenvalue weighted by molar-refractivity contribution is 5.45. The minimum Gasteiger partial charge on any atom is -0.364 e. The van der Waals surface area contributed by atoms with Gasteiger partial charge in [0.15, 0.2) is 0 Å². The van der Waals surface area contributed by atoms with Crippen molar-refractivity contribution in [3.63, 3.8) is 0 Å². The van der Waals surface area contributed by atoms with Crippen molar-refractivity contribution >= 4 is 5.69 Å². The van der Waals surface area contributed by atoms with Crippen molar-refractivity contribution in [2.75, 3.05) is 18.0 Å². The molecule has 0 spiro atoms. The zero-order valence-corrected chi connectivity index (χ0v) is 7.74. The van der Waals surface area contributed by atoms with E-state index in [1.165, 1.54) is 0 Å². The van der Waals surface area contributed by atoms with Gasteiger partial charge < -0.3 is 4.90 Å². The zero-order valence-electron chi connectivity index (χ0n) is 7.74. The zero-order chi connectivity index (χ0) is 9.52. The van der Waals surface area contributed by atoms with Gasteiger partial charge in [0.1, 0.15) is 0 Å². The van der Waals surface area contributed by atoms with Crippen LogP contribution >= 0.6 is 0 Å². The summed E-state index contributed by atoms with van der Waals surface area (Å²) >= 11 is 0. The van der Waals surface area contributed by atoms with E-state index in [0.29, 0.717) is 0 Å². The van der Waals surface area contributed by atoms with E-state index in [-0.39, 0.29) is 0 Å². The molecule has 1 aromatic carbocycles. The third kappa shape index (κ3) is 2.79. The summed E-state index contributed by atoms with van der Waals surface area (Å²) < 4.78 is 0. The summed E-state index contributed by atoms with van der Waals surface area (Å²) in [5, 5.41) is 0. The van der Waals surface area contributed by atoms with Crippen LogP contribution in [0.1, 0.15) is 0 Å². The van der Waals surface area contributed by atoms with Crippen LogP contribution in [0, 0.1) is 6.07 Å². The highest BCUT2D eigenvalue weighted by Gasteiger charge is 2.00. The van der Waals surface area contributed by atoms with Gasteiger partial charge in [-0.1, -0.05) is 30.4 Å². The van der Waals surface area contributed by atoms with Crippen LogP contribution in [0.2, 0.25) is 0 Å². The van der Waals surface area contributed by atoms with Crippen LogP contribution < -0.4 is 4.90 Å². The number of benzene rings is 1. The predicted molar refractivity (Wildman–Crippen MR) is 57.9 cm³/mol. The second-order valence-corrected chi connectivity index (χ2v) is 2.73. The summed E-state index contributed by atoms with van der Waals surface area (Å²) in [5.74, 6) is 0. The molecule has 1 radical (unpaired) electrons. The van der Waals surface area contributed by atoms with Crippen molar-refractivity contribution < 1.29 is 0 Å². The van der Waals surface area contributed by atoms with Gasteiger partial charge in [0.05, 0.1) is 0 Å². The Hall–Kier alpha value is -1.50. The molecule has 0 aliphatic carbocycles. The molecule has 1 aromatic rings. The van der Waals surface area contributed by atoms with E-state index >= 15 is 0 Å². The molecule has 0 heterocycles. The van der Waals surface area contributed by atoms with Crippen molar-refractivity contribution in [3.05, 3.63) is 55.6 Å². The maximum absolute atomic E-state index is 3.72. The SMILES string of the molecule is C=CCN(CC=C)c1[c]cccc1. The van der Waals surface area contributed by atoms with Gasteiger partial charge in [0.25, 0.3) is 0 Å². The fourth-order valence-corrected chi connectivity index (χ4v) is 1.16. The van der Waals surface area contributed by atoms with Gasteiger partial charge in [0, 0.05) is 24.8 Å². The normalized spacial score (nSPS) is 9.23. The first kappa shape index (κ1) is 9.59. The summed E-state index contributed by atoms with van der Waals surface area (Å²) in [5.41, 5.74) is 1.09. The Balaban J connectivity index is 2.75. The van der Waals surface area contributed by atoms with Crippen LogP contribution in [0.5, 0.6) is 0 Å². The molecular weight excluding hydrogens is 158 g/mol. The van der Waals surface area contributed by atoms with Crippen molar-refractivity contribution in [1.82, 2.24) is 0 Å². The molecule has 0 aliphatic rings. The molecule has 1 rings (SSSR count). The smallest absolute Gasteiger partial charge is 0.0452 e. The monoisotopic (exact) mass is 172 g/mol. The molecule has 13 heavy (non-hydrogen) atoms. The van der Waals surface area contributed by atoms with Crippen LogP contribution in [0.3, 0.4) is 0 Å². The Morgan fingerprint density at radius 1 is 1.23 bits per heavy atom. The van der Waals surface area contributed by atoms with Crippen molar-refractivity contribution in [3.8, 4) is 0 Å². The molecule has 0 N–H and O–H groups in total. The second-order valence-electron chi connectivity index (χ2n) is 2.73. The fourth-order valence-electron chi connectivity index (χ4n) is 1.16. The van der Waals surface area contributed by atoms with Crippen LogP contribution in [0.4, 0.5) is 5.69 Å². The predicted octanol–water partition coefficient (Wildman–Crippen LogP) is 2.67. The first-order valence-electron chi connectivity index (χ1n) is 4.32. The molecular formula is C12H14N. The molecule has 0 aliphatic heterocycles. The van der Waals surface area contributed by atoms with E-state index in [2.05, 4.69) is 24.1 Å². The van der Waals surface area contributed by atoms with Crippen molar-refractivity contribution in [2.45, 2.75) is 0 Å². The van der Waals surface area contributed by atoms with Crippen LogP contribution in [0.25, 0.3) is 0 Å². The summed E-state index contributed by atoms with van der Waals surface area (Å²) in [6.07, 6.45) is 3.76. The maximum Gasteiger partial charge on any atom is 0.0452 e. The highest BCUT2D eigenvalue weighted by atomic mass is 15.1. The minimum absolute atomic E-state index is 0.826. The summed E-state index contributed by atoms with van der Waals surface area (Å²) in [4.78, 5) is 2.15. The number of hydrogen-bond acceptors (Lipinski definition) is 1. The van der Waals surface area contributed by atoms with Crippen molar-refractivity contribution in [2.24, 2.45) is 0 Å². The Morgan fingerprint density at radius 2 is 1.92 bits per heavy atom. The number of para-hydroxylation sites is 1. The molecule has 0 unspecified atom stereocenters. The average Bonchev–Trinajstić information content (AvgIpc) is 2.19. The van der Waals surface area contributed by atoms with E-state index in [9.17, 15) is 0 Å². The molecule has 1 nitrogen and oxygen atoms in total. The maximum atomic E-state index is 3.72. The Morgan fingerprint density at radius 3 is 2.38 bits per heavy atom. The number of hydrogen-bond donors (Lipinski definition) is 0. The van der Waals surface area contributed by atoms with Gasteiger partial charge in [0.2, 0.25) is 0 Å². The summed E-state index contributed by atoms with van der Waals surface area (Å²) in [6.45, 7) is 9.09. The van der Waals surface area contributed by atoms with Gasteiger partial charge in [-0.25, -0.2) is 0 Å². The van der Waals surface area contributed by atoms with Gasteiger partial charge in [-0.2, -0.15) is 0 Å². The standard InChI is InChI=1S/C12H14N/c1-3-10-13(11-4-2)12-8-6-5-7-9-12/h3-8H,1-2,10-11H2. The molecule has 0 fully saturated rings. The molecule has 67 valence electrons. The Labute approximate surface area is 80.0 Å². The first-order chi connectivity index (χ1) is 6.38. The lowest BCUT2D eigenvalue weighted by atomic mass is 10.3. The van der Waals surface area contributed by atoms with Crippen LogP contribution in [-0.2, 0) is 0 Å². The number of rotatable bonds is 5. The molecule has 0 amide bonds. The summed E-state index contributed by atoms with van der Waals surface area (Å²) in [7, 11) is 0. The first-order valence-corrected chi connectivity index (χ1v) is 4.32. The van der Waals surface area contributed by atoms with E-state index in [0.717, 1.165) is 18.8 Å². The van der Waals surface area contributed by atoms with Crippen LogP contribution in [0.15, 0.2) is 49.6 Å². The number of anilines is 1.